The van der Waals surface area contributed by atoms with Crippen LogP contribution >= 0.6 is 11.6 Å². The molecule has 0 aliphatic carbocycles. The normalized spacial score (nSPS) is 10.1. The molecule has 0 unspecified atom stereocenters. The third-order valence-electron chi connectivity index (χ3n) is 2.54. The molecule has 0 saturated heterocycles. The molecule has 0 aliphatic rings. The lowest BCUT2D eigenvalue weighted by molar-refractivity contribution is -0.404. The average molecular weight is 341 g/mol. The fraction of sp³-hybridized carbons (Fsp3) is 0. The minimum atomic E-state index is -1.02. The molecule has 1 heterocycles. The summed E-state index contributed by atoms with van der Waals surface area (Å²) in [7, 11) is 0. The summed E-state index contributed by atoms with van der Waals surface area (Å²) in [4.78, 5) is 33.5. The van der Waals surface area contributed by atoms with Crippen LogP contribution in [0.3, 0.4) is 0 Å². The first-order chi connectivity index (χ1) is 10.8. The Kier molecular flexibility index (Phi) is 4.32. The third kappa shape index (κ3) is 3.47. The Morgan fingerprint density at radius 2 is 1.48 bits per heavy atom. The number of halogens is 1. The minimum absolute atomic E-state index is 0.0995. The molecule has 1 aromatic heterocycles. The summed E-state index contributed by atoms with van der Waals surface area (Å²) in [5.74, 6) is -0.854. The SMILES string of the molecule is O=[N+]([O-])c1cc([N+](=O)[O-])c(Oc2cncc(Cl)c2)c([N+](=O)[O-])c1. The maximum absolute atomic E-state index is 11.1. The van der Waals surface area contributed by atoms with Gasteiger partial charge in [-0.1, -0.05) is 11.6 Å². The maximum Gasteiger partial charge on any atom is 0.325 e. The largest absolute Gasteiger partial charge is 0.442 e. The summed E-state index contributed by atoms with van der Waals surface area (Å²) in [5.41, 5.74) is -2.66. The van der Waals surface area contributed by atoms with Crippen molar-refractivity contribution in [1.82, 2.24) is 4.98 Å². The van der Waals surface area contributed by atoms with Crippen LogP contribution in [-0.4, -0.2) is 19.8 Å². The van der Waals surface area contributed by atoms with Crippen LogP contribution in [0.4, 0.5) is 17.1 Å². The lowest BCUT2D eigenvalue weighted by atomic mass is 10.2. The fourth-order valence-corrected chi connectivity index (χ4v) is 1.80. The number of benzene rings is 1. The van der Waals surface area contributed by atoms with Gasteiger partial charge in [0.25, 0.3) is 11.4 Å². The van der Waals surface area contributed by atoms with Crippen LogP contribution in [0.1, 0.15) is 0 Å². The van der Waals surface area contributed by atoms with Crippen LogP contribution in [0, 0.1) is 30.3 Å². The Bertz CT molecular complexity index is 791. The zero-order valence-corrected chi connectivity index (χ0v) is 11.7. The molecule has 11 nitrogen and oxygen atoms in total. The minimum Gasteiger partial charge on any atom is -0.442 e. The van der Waals surface area contributed by atoms with Gasteiger partial charge < -0.3 is 4.74 Å². The van der Waals surface area contributed by atoms with Gasteiger partial charge in [-0.25, -0.2) is 0 Å². The van der Waals surface area contributed by atoms with Crippen molar-refractivity contribution in [3.05, 3.63) is 66.0 Å². The molecule has 2 rings (SSSR count). The van der Waals surface area contributed by atoms with Crippen LogP contribution in [-0.2, 0) is 0 Å². The van der Waals surface area contributed by atoms with Gasteiger partial charge in [0, 0.05) is 12.3 Å². The molecule has 1 aromatic carbocycles. The number of non-ortho nitro benzene ring substituents is 1. The van der Waals surface area contributed by atoms with E-state index in [0.717, 1.165) is 6.20 Å². The maximum atomic E-state index is 11.1. The topological polar surface area (TPSA) is 152 Å². The van der Waals surface area contributed by atoms with Gasteiger partial charge >= 0.3 is 11.4 Å². The predicted molar refractivity (Wildman–Crippen MR) is 75.7 cm³/mol. The number of hydrogen-bond acceptors (Lipinski definition) is 8. The summed E-state index contributed by atoms with van der Waals surface area (Å²) in [6.07, 6.45) is 2.38. The van der Waals surface area contributed by atoms with E-state index in [1.54, 1.807) is 0 Å². The molecule has 0 amide bonds. The lowest BCUT2D eigenvalue weighted by Gasteiger charge is -2.06. The van der Waals surface area contributed by atoms with Crippen LogP contribution in [0.25, 0.3) is 0 Å². The molecule has 0 fully saturated rings. The molecular formula is C11H5ClN4O7. The zero-order valence-electron chi connectivity index (χ0n) is 10.9. The monoisotopic (exact) mass is 340 g/mol. The van der Waals surface area contributed by atoms with Crippen molar-refractivity contribution in [3.63, 3.8) is 0 Å². The van der Waals surface area contributed by atoms with Crippen molar-refractivity contribution in [2.75, 3.05) is 0 Å². The van der Waals surface area contributed by atoms with E-state index in [9.17, 15) is 30.3 Å². The highest BCUT2D eigenvalue weighted by molar-refractivity contribution is 6.30. The molecule has 0 radical (unpaired) electrons. The van der Waals surface area contributed by atoms with Crippen molar-refractivity contribution >= 4 is 28.7 Å². The van der Waals surface area contributed by atoms with E-state index in [-0.39, 0.29) is 10.8 Å². The Labute approximate surface area is 131 Å². The predicted octanol–water partition coefficient (Wildman–Crippen LogP) is 3.25. The highest BCUT2D eigenvalue weighted by Gasteiger charge is 2.32. The van der Waals surface area contributed by atoms with Gasteiger partial charge in [0.2, 0.25) is 0 Å². The second kappa shape index (κ2) is 6.19. The van der Waals surface area contributed by atoms with Crippen molar-refractivity contribution in [2.24, 2.45) is 0 Å². The Morgan fingerprint density at radius 3 is 1.91 bits per heavy atom. The second-order valence-corrected chi connectivity index (χ2v) is 4.46. The van der Waals surface area contributed by atoms with Crippen LogP contribution in [0.2, 0.25) is 5.02 Å². The van der Waals surface area contributed by atoms with Gasteiger partial charge in [0.05, 0.1) is 38.1 Å². The van der Waals surface area contributed by atoms with Gasteiger partial charge in [0.15, 0.2) is 0 Å². The molecule has 0 saturated carbocycles. The molecule has 0 atom stereocenters. The number of ether oxygens (including phenoxy) is 1. The molecule has 2 aromatic rings. The van der Waals surface area contributed by atoms with Crippen molar-refractivity contribution in [1.29, 1.82) is 0 Å². The van der Waals surface area contributed by atoms with Gasteiger partial charge in [0.1, 0.15) is 5.75 Å². The van der Waals surface area contributed by atoms with E-state index in [0.29, 0.717) is 12.1 Å². The zero-order chi connectivity index (χ0) is 17.1. The van der Waals surface area contributed by atoms with Crippen LogP contribution in [0.15, 0.2) is 30.6 Å². The lowest BCUT2D eigenvalue weighted by Crippen LogP contribution is -2.01. The van der Waals surface area contributed by atoms with Crippen molar-refractivity contribution in [3.8, 4) is 11.5 Å². The van der Waals surface area contributed by atoms with E-state index >= 15 is 0 Å². The number of nitro groups is 3. The van der Waals surface area contributed by atoms with E-state index < -0.39 is 37.6 Å². The Hall–Kier alpha value is -3.34. The molecule has 0 aliphatic heterocycles. The second-order valence-electron chi connectivity index (χ2n) is 4.03. The first kappa shape index (κ1) is 16.0. The summed E-state index contributed by atoms with van der Waals surface area (Å²) in [5, 5.41) is 33.0. The summed E-state index contributed by atoms with van der Waals surface area (Å²) < 4.78 is 5.13. The van der Waals surface area contributed by atoms with E-state index in [1.165, 1.54) is 12.3 Å². The van der Waals surface area contributed by atoms with E-state index in [2.05, 4.69) is 4.98 Å². The quantitative estimate of drug-likeness (QED) is 0.593. The van der Waals surface area contributed by atoms with Gasteiger partial charge in [-0.3, -0.25) is 35.3 Å². The number of nitro benzene ring substituents is 3. The first-order valence-corrected chi connectivity index (χ1v) is 6.07. The molecule has 23 heavy (non-hydrogen) atoms. The molecule has 0 spiro atoms. The fourth-order valence-electron chi connectivity index (χ4n) is 1.63. The molecular weight excluding hydrogens is 336 g/mol. The van der Waals surface area contributed by atoms with Gasteiger partial charge in [-0.05, 0) is 0 Å². The molecule has 118 valence electrons. The van der Waals surface area contributed by atoms with Crippen molar-refractivity contribution < 1.29 is 19.5 Å². The molecule has 0 bridgehead atoms. The standard InChI is InChI=1S/C11H5ClN4O7/c12-6-1-8(5-13-4-6)23-11-9(15(19)20)2-7(14(17)18)3-10(11)16(21)22/h1-5H. The van der Waals surface area contributed by atoms with Crippen LogP contribution < -0.4 is 4.74 Å². The molecule has 12 heteroatoms. The number of hydrogen-bond donors (Lipinski definition) is 0. The van der Waals surface area contributed by atoms with E-state index in [1.807, 2.05) is 0 Å². The average Bonchev–Trinajstić information content (AvgIpc) is 2.46. The smallest absolute Gasteiger partial charge is 0.325 e. The summed E-state index contributed by atoms with van der Waals surface area (Å²) >= 11 is 5.68. The molecule has 0 N–H and O–H groups in total. The summed E-state index contributed by atoms with van der Waals surface area (Å²) in [6.45, 7) is 0. The van der Waals surface area contributed by atoms with Crippen LogP contribution in [0.5, 0.6) is 11.5 Å². The third-order valence-corrected chi connectivity index (χ3v) is 2.75. The van der Waals surface area contributed by atoms with Gasteiger partial charge in [-0.15, -0.1) is 0 Å². The summed E-state index contributed by atoms with van der Waals surface area (Å²) in [6, 6.07) is 2.37. The number of rotatable bonds is 5. The first-order valence-electron chi connectivity index (χ1n) is 5.69. The number of aromatic nitrogens is 1. The number of nitrogens with zero attached hydrogens (tertiary/aromatic N) is 4. The van der Waals surface area contributed by atoms with E-state index in [4.69, 9.17) is 16.3 Å². The highest BCUT2D eigenvalue weighted by Crippen LogP contribution is 2.42. The Balaban J connectivity index is 2.66. The van der Waals surface area contributed by atoms with Gasteiger partial charge in [-0.2, -0.15) is 0 Å². The highest BCUT2D eigenvalue weighted by atomic mass is 35.5. The van der Waals surface area contributed by atoms with Crippen molar-refractivity contribution in [2.45, 2.75) is 0 Å². The number of pyridine rings is 1. The Morgan fingerprint density at radius 1 is 0.913 bits per heavy atom.